The van der Waals surface area contributed by atoms with Crippen LogP contribution in [0.15, 0.2) is 54.9 Å². The van der Waals surface area contributed by atoms with Crippen molar-refractivity contribution in [2.75, 3.05) is 5.32 Å². The van der Waals surface area contributed by atoms with Crippen LogP contribution in [-0.4, -0.2) is 20.6 Å². The van der Waals surface area contributed by atoms with Gasteiger partial charge in [-0.15, -0.1) is 0 Å². The number of carbonyl (C=O) groups excluding carboxylic acids is 1. The minimum atomic E-state index is -0.539. The molecule has 1 heterocycles. The van der Waals surface area contributed by atoms with Crippen LogP contribution in [-0.2, 0) is 7.05 Å². The molecule has 0 bridgehead atoms. The molecule has 1 amide bonds. The van der Waals surface area contributed by atoms with E-state index in [1.165, 1.54) is 29.1 Å². The fourth-order valence-electron chi connectivity index (χ4n) is 2.38. The molecule has 0 spiro atoms. The number of benzene rings is 2. The number of nitro benzene ring substituents is 1. The average molecular weight is 352 g/mol. The Morgan fingerprint density at radius 2 is 2.04 bits per heavy atom. The first kappa shape index (κ1) is 17.2. The van der Waals surface area contributed by atoms with Gasteiger partial charge in [0.05, 0.1) is 28.4 Å². The summed E-state index contributed by atoms with van der Waals surface area (Å²) >= 11 is 0. The quantitative estimate of drug-likeness (QED) is 0.558. The van der Waals surface area contributed by atoms with Gasteiger partial charge in [0.1, 0.15) is 11.5 Å². The van der Waals surface area contributed by atoms with Gasteiger partial charge in [0.15, 0.2) is 0 Å². The van der Waals surface area contributed by atoms with E-state index in [0.717, 1.165) is 5.56 Å². The summed E-state index contributed by atoms with van der Waals surface area (Å²) in [5.41, 5.74) is 1.42. The number of amides is 1. The van der Waals surface area contributed by atoms with Gasteiger partial charge in [0.25, 0.3) is 11.6 Å². The van der Waals surface area contributed by atoms with Crippen molar-refractivity contribution < 1.29 is 14.5 Å². The van der Waals surface area contributed by atoms with Crippen LogP contribution in [0.5, 0.6) is 11.5 Å². The Kier molecular flexibility index (Phi) is 4.66. The van der Waals surface area contributed by atoms with Crippen molar-refractivity contribution in [1.82, 2.24) is 9.78 Å². The first-order chi connectivity index (χ1) is 12.4. The molecule has 1 N–H and O–H groups in total. The molecule has 0 fully saturated rings. The van der Waals surface area contributed by atoms with E-state index in [-0.39, 0.29) is 17.1 Å². The van der Waals surface area contributed by atoms with Crippen LogP contribution >= 0.6 is 0 Å². The highest BCUT2D eigenvalue weighted by Gasteiger charge is 2.14. The summed E-state index contributed by atoms with van der Waals surface area (Å²) in [6.07, 6.45) is 2.97. The third-order valence-electron chi connectivity index (χ3n) is 3.55. The highest BCUT2D eigenvalue weighted by molar-refractivity contribution is 6.04. The predicted molar refractivity (Wildman–Crippen MR) is 95.5 cm³/mol. The van der Waals surface area contributed by atoms with Crippen LogP contribution in [0.4, 0.5) is 11.4 Å². The molecule has 0 atom stereocenters. The van der Waals surface area contributed by atoms with Gasteiger partial charge < -0.3 is 10.1 Å². The second-order valence-corrected chi connectivity index (χ2v) is 5.75. The van der Waals surface area contributed by atoms with Gasteiger partial charge in [-0.1, -0.05) is 12.1 Å². The summed E-state index contributed by atoms with van der Waals surface area (Å²) in [6, 6.07) is 11.4. The summed E-state index contributed by atoms with van der Waals surface area (Å²) in [5, 5.41) is 17.8. The highest BCUT2D eigenvalue weighted by atomic mass is 16.6. The molecular weight excluding hydrogens is 336 g/mol. The minimum absolute atomic E-state index is 0.184. The molecule has 0 saturated carbocycles. The number of aryl methyl sites for hydroxylation is 2. The second-order valence-electron chi connectivity index (χ2n) is 5.75. The van der Waals surface area contributed by atoms with Crippen LogP contribution in [0.25, 0.3) is 0 Å². The number of hydrogen-bond acceptors (Lipinski definition) is 5. The monoisotopic (exact) mass is 352 g/mol. The SMILES string of the molecule is Cc1cccc(Oc2cc(NC(=O)c3cnn(C)c3)cc([N+](=O)[O-])c2)c1. The number of non-ortho nitro benzene ring substituents is 1. The van der Waals surface area contributed by atoms with Crippen molar-refractivity contribution in [1.29, 1.82) is 0 Å². The Hall–Kier alpha value is -3.68. The molecule has 2 aromatic carbocycles. The van der Waals surface area contributed by atoms with Crippen LogP contribution in [0.3, 0.4) is 0 Å². The largest absolute Gasteiger partial charge is 0.457 e. The van der Waals surface area contributed by atoms with Gasteiger partial charge in [0.2, 0.25) is 0 Å². The smallest absolute Gasteiger partial charge is 0.275 e. The Morgan fingerprint density at radius 1 is 1.23 bits per heavy atom. The summed E-state index contributed by atoms with van der Waals surface area (Å²) in [4.78, 5) is 22.9. The number of nitro groups is 1. The minimum Gasteiger partial charge on any atom is -0.457 e. The van der Waals surface area contributed by atoms with Crippen LogP contribution < -0.4 is 10.1 Å². The Balaban J connectivity index is 1.88. The summed E-state index contributed by atoms with van der Waals surface area (Å²) in [5.74, 6) is 0.390. The molecule has 1 aromatic heterocycles. The number of carbonyl (C=O) groups is 1. The number of aromatic nitrogens is 2. The fourth-order valence-corrected chi connectivity index (χ4v) is 2.38. The van der Waals surface area contributed by atoms with E-state index in [1.54, 1.807) is 19.3 Å². The number of rotatable bonds is 5. The van der Waals surface area contributed by atoms with E-state index in [0.29, 0.717) is 11.3 Å². The Bertz CT molecular complexity index is 981. The number of nitrogens with one attached hydrogen (secondary N) is 1. The number of hydrogen-bond donors (Lipinski definition) is 1. The van der Waals surface area contributed by atoms with E-state index in [9.17, 15) is 14.9 Å². The summed E-state index contributed by atoms with van der Waals surface area (Å²) in [7, 11) is 1.69. The van der Waals surface area contributed by atoms with Crippen molar-refractivity contribution in [3.8, 4) is 11.5 Å². The van der Waals surface area contributed by atoms with Crippen molar-refractivity contribution in [2.24, 2.45) is 7.05 Å². The molecule has 0 radical (unpaired) electrons. The Morgan fingerprint density at radius 3 is 2.69 bits per heavy atom. The molecule has 8 nitrogen and oxygen atoms in total. The van der Waals surface area contributed by atoms with Crippen molar-refractivity contribution in [3.05, 3.63) is 76.1 Å². The van der Waals surface area contributed by atoms with E-state index in [4.69, 9.17) is 4.74 Å². The highest BCUT2D eigenvalue weighted by Crippen LogP contribution is 2.30. The third kappa shape index (κ3) is 4.04. The van der Waals surface area contributed by atoms with Crippen molar-refractivity contribution in [3.63, 3.8) is 0 Å². The standard InChI is InChI=1S/C18H16N4O4/c1-12-4-3-5-16(6-12)26-17-8-14(7-15(9-17)22(24)25)20-18(23)13-10-19-21(2)11-13/h3-11H,1-2H3,(H,20,23). The van der Waals surface area contributed by atoms with E-state index >= 15 is 0 Å². The molecule has 132 valence electrons. The zero-order valence-electron chi connectivity index (χ0n) is 14.2. The van der Waals surface area contributed by atoms with Gasteiger partial charge in [-0.05, 0) is 24.6 Å². The lowest BCUT2D eigenvalue weighted by Gasteiger charge is -2.09. The number of anilines is 1. The zero-order chi connectivity index (χ0) is 18.7. The molecule has 3 aromatic rings. The average Bonchev–Trinajstić information content (AvgIpc) is 3.01. The molecular formula is C18H16N4O4. The molecule has 3 rings (SSSR count). The maximum atomic E-state index is 12.2. The van der Waals surface area contributed by atoms with Crippen molar-refractivity contribution in [2.45, 2.75) is 6.92 Å². The predicted octanol–water partition coefficient (Wildman–Crippen LogP) is 3.68. The van der Waals surface area contributed by atoms with Crippen LogP contribution in [0, 0.1) is 17.0 Å². The lowest BCUT2D eigenvalue weighted by Crippen LogP contribution is -2.11. The van der Waals surface area contributed by atoms with Crippen molar-refractivity contribution >= 4 is 17.3 Å². The molecule has 0 aliphatic rings. The lowest BCUT2D eigenvalue weighted by molar-refractivity contribution is -0.384. The van der Waals surface area contributed by atoms with Gasteiger partial charge >= 0.3 is 0 Å². The van der Waals surface area contributed by atoms with E-state index in [2.05, 4.69) is 10.4 Å². The molecule has 0 saturated heterocycles. The summed E-state index contributed by atoms with van der Waals surface area (Å²) < 4.78 is 7.20. The molecule has 0 aliphatic carbocycles. The summed E-state index contributed by atoms with van der Waals surface area (Å²) in [6.45, 7) is 1.92. The fraction of sp³-hybridized carbons (Fsp3) is 0.111. The Labute approximate surface area is 149 Å². The first-order valence-corrected chi connectivity index (χ1v) is 7.75. The molecule has 26 heavy (non-hydrogen) atoms. The normalized spacial score (nSPS) is 10.4. The topological polar surface area (TPSA) is 99.3 Å². The number of ether oxygens (including phenoxy) is 1. The first-order valence-electron chi connectivity index (χ1n) is 7.75. The van der Waals surface area contributed by atoms with E-state index < -0.39 is 10.8 Å². The third-order valence-corrected chi connectivity index (χ3v) is 3.55. The number of nitrogens with zero attached hydrogens (tertiary/aromatic N) is 3. The maximum absolute atomic E-state index is 12.2. The lowest BCUT2D eigenvalue weighted by atomic mass is 10.2. The second kappa shape index (κ2) is 7.06. The molecule has 0 aliphatic heterocycles. The van der Waals surface area contributed by atoms with Gasteiger partial charge in [-0.25, -0.2) is 0 Å². The van der Waals surface area contributed by atoms with E-state index in [1.807, 2.05) is 25.1 Å². The van der Waals surface area contributed by atoms with Gasteiger partial charge in [-0.3, -0.25) is 19.6 Å². The van der Waals surface area contributed by atoms with Crippen LogP contribution in [0.2, 0.25) is 0 Å². The zero-order valence-corrected chi connectivity index (χ0v) is 14.2. The van der Waals surface area contributed by atoms with Crippen LogP contribution in [0.1, 0.15) is 15.9 Å². The van der Waals surface area contributed by atoms with Gasteiger partial charge in [0, 0.05) is 25.4 Å². The maximum Gasteiger partial charge on any atom is 0.275 e. The van der Waals surface area contributed by atoms with Gasteiger partial charge in [-0.2, -0.15) is 5.10 Å². The molecule has 0 unspecified atom stereocenters. The molecule has 8 heteroatoms.